The third kappa shape index (κ3) is 3.69. The number of nitrogens with zero attached hydrogens (tertiary/aromatic N) is 4. The molecule has 0 spiro atoms. The predicted octanol–water partition coefficient (Wildman–Crippen LogP) is 3.13. The molecule has 154 valence electrons. The number of hydrogen-bond acceptors (Lipinski definition) is 6. The fourth-order valence-corrected chi connectivity index (χ4v) is 3.58. The first-order chi connectivity index (χ1) is 14.3. The Morgan fingerprint density at radius 2 is 2.07 bits per heavy atom. The second-order valence-electron chi connectivity index (χ2n) is 7.59. The van der Waals surface area contributed by atoms with Crippen LogP contribution in [-0.4, -0.2) is 36.9 Å². The average Bonchev–Trinajstić information content (AvgIpc) is 3.19. The number of anilines is 2. The number of aliphatic hydroxyl groups is 1. The van der Waals surface area contributed by atoms with Crippen molar-refractivity contribution >= 4 is 23.0 Å². The standard InChI is InChI=1S/C22H24N6O2/c1-12-5-6-23-9-17(12)18-8-16-19(10-24-18)26-22(30)21(16)15(4)25-20-7-13(2)28(27-20)11-14(3)29/h5-10,14,29H,11H2,1-4H3,(H,25,27)(H,26,30). The molecule has 0 aliphatic carbocycles. The van der Waals surface area contributed by atoms with E-state index in [-0.39, 0.29) is 5.91 Å². The van der Waals surface area contributed by atoms with E-state index < -0.39 is 6.10 Å². The number of carbonyl (C=O) groups is 1. The van der Waals surface area contributed by atoms with Crippen LogP contribution in [0.2, 0.25) is 0 Å². The molecule has 0 bridgehead atoms. The number of pyridine rings is 2. The second-order valence-corrected chi connectivity index (χ2v) is 7.59. The number of aromatic nitrogens is 4. The Morgan fingerprint density at radius 1 is 1.27 bits per heavy atom. The molecule has 0 aromatic carbocycles. The normalized spacial score (nSPS) is 15.6. The summed E-state index contributed by atoms with van der Waals surface area (Å²) in [5.41, 5.74) is 6.39. The Balaban J connectivity index is 1.70. The van der Waals surface area contributed by atoms with E-state index in [4.69, 9.17) is 0 Å². The topological polar surface area (TPSA) is 105 Å². The maximum atomic E-state index is 12.7. The van der Waals surface area contributed by atoms with Gasteiger partial charge in [-0.3, -0.25) is 19.4 Å². The summed E-state index contributed by atoms with van der Waals surface area (Å²) in [6.07, 6.45) is 4.71. The second kappa shape index (κ2) is 7.72. The molecule has 1 amide bonds. The van der Waals surface area contributed by atoms with Crippen LogP contribution in [0.4, 0.5) is 11.5 Å². The molecule has 8 heteroatoms. The Kier molecular flexibility index (Phi) is 5.09. The third-order valence-electron chi connectivity index (χ3n) is 5.07. The Labute approximate surface area is 174 Å². The molecule has 1 atom stereocenters. The quantitative estimate of drug-likeness (QED) is 0.564. The van der Waals surface area contributed by atoms with Crippen molar-refractivity contribution in [3.05, 3.63) is 59.3 Å². The lowest BCUT2D eigenvalue weighted by Gasteiger charge is -2.09. The highest BCUT2D eigenvalue weighted by atomic mass is 16.3. The van der Waals surface area contributed by atoms with Gasteiger partial charge in [0.05, 0.1) is 35.8 Å². The molecule has 1 aliphatic rings. The largest absolute Gasteiger partial charge is 0.391 e. The van der Waals surface area contributed by atoms with E-state index in [1.165, 1.54) is 0 Å². The van der Waals surface area contributed by atoms with Gasteiger partial charge < -0.3 is 15.7 Å². The van der Waals surface area contributed by atoms with E-state index in [0.29, 0.717) is 29.3 Å². The first-order valence-electron chi connectivity index (χ1n) is 9.76. The molecule has 3 N–H and O–H groups in total. The monoisotopic (exact) mass is 404 g/mol. The Hall–Kier alpha value is -3.52. The predicted molar refractivity (Wildman–Crippen MR) is 116 cm³/mol. The summed E-state index contributed by atoms with van der Waals surface area (Å²) >= 11 is 0. The first kappa shape index (κ1) is 19.8. The zero-order valence-electron chi connectivity index (χ0n) is 17.4. The van der Waals surface area contributed by atoms with E-state index in [9.17, 15) is 9.90 Å². The summed E-state index contributed by atoms with van der Waals surface area (Å²) in [6, 6.07) is 5.73. The van der Waals surface area contributed by atoms with Gasteiger partial charge >= 0.3 is 0 Å². The molecule has 4 heterocycles. The summed E-state index contributed by atoms with van der Waals surface area (Å²) in [5, 5.41) is 20.2. The van der Waals surface area contributed by atoms with E-state index in [1.54, 1.807) is 30.2 Å². The van der Waals surface area contributed by atoms with Crippen molar-refractivity contribution in [3.63, 3.8) is 0 Å². The van der Waals surface area contributed by atoms with Crippen molar-refractivity contribution in [2.45, 2.75) is 40.3 Å². The SMILES string of the molecule is CC(Nc1cc(C)n(CC(C)O)n1)=C1C(=O)Nc2cnc(-c3cnccc3C)cc21. The lowest BCUT2D eigenvalue weighted by atomic mass is 10.0. The van der Waals surface area contributed by atoms with Gasteiger partial charge in [0.15, 0.2) is 5.82 Å². The van der Waals surface area contributed by atoms with E-state index in [1.807, 2.05) is 39.0 Å². The summed E-state index contributed by atoms with van der Waals surface area (Å²) < 4.78 is 1.74. The molecule has 0 saturated heterocycles. The van der Waals surface area contributed by atoms with Crippen molar-refractivity contribution in [1.82, 2.24) is 19.7 Å². The van der Waals surface area contributed by atoms with Gasteiger partial charge in [-0.25, -0.2) is 0 Å². The first-order valence-corrected chi connectivity index (χ1v) is 9.76. The highest BCUT2D eigenvalue weighted by molar-refractivity contribution is 6.32. The molecule has 30 heavy (non-hydrogen) atoms. The number of carbonyl (C=O) groups excluding carboxylic acids is 1. The molecular formula is C22H24N6O2. The molecule has 3 aromatic heterocycles. The van der Waals surface area contributed by atoms with E-state index in [2.05, 4.69) is 25.7 Å². The zero-order chi connectivity index (χ0) is 21.4. The van der Waals surface area contributed by atoms with Gasteiger partial charge in [-0.05, 0) is 45.4 Å². The highest BCUT2D eigenvalue weighted by Gasteiger charge is 2.28. The minimum Gasteiger partial charge on any atom is -0.391 e. The molecule has 8 nitrogen and oxygen atoms in total. The van der Waals surface area contributed by atoms with Crippen molar-refractivity contribution in [1.29, 1.82) is 0 Å². The van der Waals surface area contributed by atoms with Crippen molar-refractivity contribution < 1.29 is 9.90 Å². The molecule has 3 aromatic rings. The van der Waals surface area contributed by atoms with Gasteiger partial charge in [-0.2, -0.15) is 5.10 Å². The Bertz CT molecular complexity index is 1160. The van der Waals surface area contributed by atoms with Gasteiger partial charge in [0.1, 0.15) is 0 Å². The van der Waals surface area contributed by atoms with Crippen LogP contribution in [0.15, 0.2) is 42.5 Å². The van der Waals surface area contributed by atoms with Crippen molar-refractivity contribution in [3.8, 4) is 11.3 Å². The number of aryl methyl sites for hydroxylation is 2. The molecule has 1 unspecified atom stereocenters. The maximum Gasteiger partial charge on any atom is 0.258 e. The van der Waals surface area contributed by atoms with Gasteiger partial charge in [0.25, 0.3) is 5.91 Å². The third-order valence-corrected chi connectivity index (χ3v) is 5.07. The highest BCUT2D eigenvalue weighted by Crippen LogP contribution is 2.36. The number of aliphatic hydroxyl groups excluding tert-OH is 1. The molecule has 0 radical (unpaired) electrons. The molecule has 0 fully saturated rings. The van der Waals surface area contributed by atoms with E-state index in [0.717, 1.165) is 28.1 Å². The van der Waals surface area contributed by atoms with Gasteiger partial charge in [-0.1, -0.05) is 0 Å². The Morgan fingerprint density at radius 3 is 2.80 bits per heavy atom. The number of rotatable bonds is 5. The van der Waals surface area contributed by atoms with E-state index >= 15 is 0 Å². The number of nitrogens with one attached hydrogen (secondary N) is 2. The van der Waals surface area contributed by atoms with Crippen LogP contribution in [0.1, 0.15) is 30.7 Å². The van der Waals surface area contributed by atoms with Gasteiger partial charge in [0, 0.05) is 41.0 Å². The van der Waals surface area contributed by atoms with Crippen LogP contribution in [-0.2, 0) is 11.3 Å². The summed E-state index contributed by atoms with van der Waals surface area (Å²) in [4.78, 5) is 21.4. The molecular weight excluding hydrogens is 380 g/mol. The summed E-state index contributed by atoms with van der Waals surface area (Å²) in [5.74, 6) is 0.439. The number of fused-ring (bicyclic) bond motifs is 1. The molecule has 1 aliphatic heterocycles. The fraction of sp³-hybridized carbons (Fsp3) is 0.273. The van der Waals surface area contributed by atoms with Crippen molar-refractivity contribution in [2.75, 3.05) is 10.6 Å². The smallest absolute Gasteiger partial charge is 0.258 e. The van der Waals surface area contributed by atoms with Crippen LogP contribution >= 0.6 is 0 Å². The van der Waals surface area contributed by atoms with Gasteiger partial charge in [0.2, 0.25) is 0 Å². The lowest BCUT2D eigenvalue weighted by Crippen LogP contribution is -2.14. The summed E-state index contributed by atoms with van der Waals surface area (Å²) in [6.45, 7) is 7.91. The fourth-order valence-electron chi connectivity index (χ4n) is 3.58. The van der Waals surface area contributed by atoms with Crippen LogP contribution in [0, 0.1) is 13.8 Å². The number of amides is 1. The minimum atomic E-state index is -0.495. The average molecular weight is 404 g/mol. The van der Waals surface area contributed by atoms with Gasteiger partial charge in [-0.15, -0.1) is 0 Å². The zero-order valence-corrected chi connectivity index (χ0v) is 17.4. The number of hydrogen-bond donors (Lipinski definition) is 3. The van der Waals surface area contributed by atoms with Crippen LogP contribution in [0.5, 0.6) is 0 Å². The van der Waals surface area contributed by atoms with Crippen LogP contribution in [0.25, 0.3) is 16.8 Å². The van der Waals surface area contributed by atoms with Crippen molar-refractivity contribution in [2.24, 2.45) is 0 Å². The number of allylic oxidation sites excluding steroid dienone is 1. The molecule has 0 saturated carbocycles. The van der Waals surface area contributed by atoms with Crippen LogP contribution in [0.3, 0.4) is 0 Å². The maximum absolute atomic E-state index is 12.7. The van der Waals surface area contributed by atoms with Crippen LogP contribution < -0.4 is 10.6 Å². The summed E-state index contributed by atoms with van der Waals surface area (Å²) in [7, 11) is 0. The minimum absolute atomic E-state index is 0.183. The molecule has 4 rings (SSSR count). The lowest BCUT2D eigenvalue weighted by molar-refractivity contribution is -0.110.